The normalized spacial score (nSPS) is 16.6. The lowest BCUT2D eigenvalue weighted by Crippen LogP contribution is -2.44. The van der Waals surface area contributed by atoms with Crippen molar-refractivity contribution in [2.75, 3.05) is 0 Å². The van der Waals surface area contributed by atoms with Gasteiger partial charge in [0.15, 0.2) is 4.32 Å². The Morgan fingerprint density at radius 3 is 2.80 bits per heavy atom. The largest absolute Gasteiger partial charge is 0.465 e. The van der Waals surface area contributed by atoms with E-state index in [1.54, 1.807) is 43.5 Å². The average Bonchev–Trinajstić information content (AvgIpc) is 3.24. The minimum absolute atomic E-state index is 0.271. The molecule has 0 bridgehead atoms. The maximum absolute atomic E-state index is 12.6. The third kappa shape index (κ3) is 3.86. The first-order valence-electron chi connectivity index (χ1n) is 7.26. The number of thiocarbonyl (C=S) groups is 1. The first-order valence-corrected chi connectivity index (χ1v) is 8.48. The second-order valence-corrected chi connectivity index (χ2v) is 6.69. The number of aromatic nitrogens is 1. The number of allylic oxidation sites excluding steroid dienone is 2. The molecule has 1 N–H and O–H groups in total. The van der Waals surface area contributed by atoms with E-state index in [1.165, 1.54) is 12.4 Å². The minimum Gasteiger partial charge on any atom is -0.465 e. The summed E-state index contributed by atoms with van der Waals surface area (Å²) >= 11 is 6.35. The van der Waals surface area contributed by atoms with Gasteiger partial charge in [-0.3, -0.25) is 20.0 Å². The van der Waals surface area contributed by atoms with E-state index in [9.17, 15) is 9.59 Å². The Kier molecular flexibility index (Phi) is 5.11. The van der Waals surface area contributed by atoms with Crippen molar-refractivity contribution in [3.8, 4) is 0 Å². The Labute approximate surface area is 153 Å². The molecule has 126 valence electrons. The molecule has 6 nitrogen and oxygen atoms in total. The number of hydrazine groups is 1. The van der Waals surface area contributed by atoms with Crippen molar-refractivity contribution in [3.05, 3.63) is 70.8 Å². The maximum atomic E-state index is 12.6. The quantitative estimate of drug-likeness (QED) is 0.657. The zero-order chi connectivity index (χ0) is 17.8. The highest BCUT2D eigenvalue weighted by Gasteiger charge is 2.34. The molecule has 2 aromatic rings. The Morgan fingerprint density at radius 1 is 1.36 bits per heavy atom. The molecule has 0 aliphatic carbocycles. The summed E-state index contributed by atoms with van der Waals surface area (Å²) in [5.41, 5.74) is 3.65. The number of carbonyl (C=O) groups is 2. The standard InChI is InChI=1S/C17H13N3O3S2/c1-11(4-5-13-3-2-10-23-13)14-16(22)20(17(24)25-14)19-15(21)12-6-8-18-9-7-12/h2-10H,1H3,(H,19,21)/b5-4+,14-11-. The lowest BCUT2D eigenvalue weighted by molar-refractivity contribution is -0.123. The number of hydrogen-bond donors (Lipinski definition) is 1. The van der Waals surface area contributed by atoms with Gasteiger partial charge in [-0.15, -0.1) is 0 Å². The number of nitrogens with one attached hydrogen (secondary N) is 1. The summed E-state index contributed by atoms with van der Waals surface area (Å²) in [6.07, 6.45) is 8.11. The van der Waals surface area contributed by atoms with Gasteiger partial charge in [-0.25, -0.2) is 0 Å². The van der Waals surface area contributed by atoms with Crippen LogP contribution in [0.15, 0.2) is 63.9 Å². The van der Waals surface area contributed by atoms with Gasteiger partial charge in [0.1, 0.15) is 5.76 Å². The van der Waals surface area contributed by atoms with E-state index >= 15 is 0 Å². The summed E-state index contributed by atoms with van der Waals surface area (Å²) < 4.78 is 5.49. The van der Waals surface area contributed by atoms with Crippen LogP contribution in [0.5, 0.6) is 0 Å². The first kappa shape index (κ1) is 17.1. The van der Waals surface area contributed by atoms with E-state index in [0.29, 0.717) is 16.2 Å². The summed E-state index contributed by atoms with van der Waals surface area (Å²) in [6.45, 7) is 1.80. The molecule has 0 unspecified atom stereocenters. The van der Waals surface area contributed by atoms with Crippen molar-refractivity contribution >= 4 is 46.2 Å². The van der Waals surface area contributed by atoms with E-state index in [4.69, 9.17) is 16.6 Å². The fourth-order valence-corrected chi connectivity index (χ4v) is 3.23. The van der Waals surface area contributed by atoms with Crippen LogP contribution in [0, 0.1) is 0 Å². The molecule has 3 heterocycles. The van der Waals surface area contributed by atoms with Crippen LogP contribution in [-0.2, 0) is 4.79 Å². The van der Waals surface area contributed by atoms with Gasteiger partial charge < -0.3 is 4.42 Å². The maximum Gasteiger partial charge on any atom is 0.285 e. The van der Waals surface area contributed by atoms with Crippen LogP contribution < -0.4 is 5.43 Å². The highest BCUT2D eigenvalue weighted by Crippen LogP contribution is 2.32. The molecule has 2 amide bonds. The molecule has 1 aliphatic heterocycles. The predicted molar refractivity (Wildman–Crippen MR) is 99.2 cm³/mol. The molecule has 0 saturated carbocycles. The van der Waals surface area contributed by atoms with E-state index < -0.39 is 5.91 Å². The number of thioether (sulfide) groups is 1. The number of nitrogens with zero attached hydrogens (tertiary/aromatic N) is 2. The minimum atomic E-state index is -0.427. The lowest BCUT2D eigenvalue weighted by atomic mass is 10.2. The SMILES string of the molecule is CC(/C=C/c1ccco1)=C1/SC(=S)N(NC(=O)c2ccncc2)C1=O. The van der Waals surface area contributed by atoms with Gasteiger partial charge in [0.25, 0.3) is 11.8 Å². The number of pyridine rings is 1. The molecule has 3 rings (SSSR count). The molecule has 2 aromatic heterocycles. The number of rotatable bonds is 4. The van der Waals surface area contributed by atoms with Crippen LogP contribution in [0.4, 0.5) is 0 Å². The van der Waals surface area contributed by atoms with Crippen molar-refractivity contribution < 1.29 is 14.0 Å². The lowest BCUT2D eigenvalue weighted by Gasteiger charge is -2.15. The molecule has 0 radical (unpaired) electrons. The van der Waals surface area contributed by atoms with Gasteiger partial charge >= 0.3 is 0 Å². The zero-order valence-electron chi connectivity index (χ0n) is 13.1. The summed E-state index contributed by atoms with van der Waals surface area (Å²) in [5, 5.41) is 1.09. The molecule has 0 spiro atoms. The van der Waals surface area contributed by atoms with Crippen molar-refractivity contribution in [1.29, 1.82) is 0 Å². The van der Waals surface area contributed by atoms with Crippen LogP contribution in [0.1, 0.15) is 23.0 Å². The highest BCUT2D eigenvalue weighted by atomic mass is 32.2. The molecule has 8 heteroatoms. The smallest absolute Gasteiger partial charge is 0.285 e. The van der Waals surface area contributed by atoms with E-state index in [-0.39, 0.29) is 10.2 Å². The van der Waals surface area contributed by atoms with Crippen LogP contribution in [0.3, 0.4) is 0 Å². The molecule has 1 saturated heterocycles. The predicted octanol–water partition coefficient (Wildman–Crippen LogP) is 3.17. The first-order chi connectivity index (χ1) is 12.1. The van der Waals surface area contributed by atoms with Gasteiger partial charge in [0.2, 0.25) is 0 Å². The van der Waals surface area contributed by atoms with Gasteiger partial charge in [0.05, 0.1) is 11.2 Å². The van der Waals surface area contributed by atoms with Crippen molar-refractivity contribution in [2.24, 2.45) is 0 Å². The van der Waals surface area contributed by atoms with Gasteiger partial charge in [-0.05, 0) is 55.1 Å². The second-order valence-electron chi connectivity index (χ2n) is 5.05. The molecule has 1 fully saturated rings. The monoisotopic (exact) mass is 371 g/mol. The molecule has 0 atom stereocenters. The van der Waals surface area contributed by atoms with Crippen molar-refractivity contribution in [2.45, 2.75) is 6.92 Å². The van der Waals surface area contributed by atoms with Crippen LogP contribution in [0.25, 0.3) is 6.08 Å². The van der Waals surface area contributed by atoms with Crippen molar-refractivity contribution in [3.63, 3.8) is 0 Å². The number of furan rings is 1. The van der Waals surface area contributed by atoms with Gasteiger partial charge in [0, 0.05) is 18.0 Å². The molecular weight excluding hydrogens is 358 g/mol. The molecular formula is C17H13N3O3S2. The number of hydrogen-bond acceptors (Lipinski definition) is 6. The highest BCUT2D eigenvalue weighted by molar-refractivity contribution is 8.26. The Bertz CT molecular complexity index is 874. The number of amides is 2. The Morgan fingerprint density at radius 2 is 2.12 bits per heavy atom. The topological polar surface area (TPSA) is 75.4 Å². The average molecular weight is 371 g/mol. The van der Waals surface area contributed by atoms with Gasteiger partial charge in [-0.1, -0.05) is 17.8 Å². The summed E-state index contributed by atoms with van der Waals surface area (Å²) in [6, 6.07) is 6.70. The number of carbonyl (C=O) groups excluding carboxylic acids is 2. The van der Waals surface area contributed by atoms with Crippen molar-refractivity contribution in [1.82, 2.24) is 15.4 Å². The van der Waals surface area contributed by atoms with E-state index in [0.717, 1.165) is 22.3 Å². The van der Waals surface area contributed by atoms with E-state index in [1.807, 2.05) is 6.07 Å². The van der Waals surface area contributed by atoms with Gasteiger partial charge in [-0.2, -0.15) is 5.01 Å². The Hall–Kier alpha value is -2.71. The van der Waals surface area contributed by atoms with Crippen LogP contribution in [0.2, 0.25) is 0 Å². The molecule has 1 aliphatic rings. The molecule has 25 heavy (non-hydrogen) atoms. The summed E-state index contributed by atoms with van der Waals surface area (Å²) in [4.78, 5) is 29.1. The fraction of sp³-hybridized carbons (Fsp3) is 0.0588. The van der Waals surface area contributed by atoms with Crippen LogP contribution >= 0.6 is 24.0 Å². The molecule has 0 aromatic carbocycles. The van der Waals surface area contributed by atoms with Crippen LogP contribution in [-0.4, -0.2) is 26.1 Å². The summed E-state index contributed by atoms with van der Waals surface area (Å²) in [5.74, 6) is -0.108. The third-order valence-electron chi connectivity index (χ3n) is 3.32. The van der Waals surface area contributed by atoms with E-state index in [2.05, 4.69) is 10.4 Å². The summed E-state index contributed by atoms with van der Waals surface area (Å²) in [7, 11) is 0. The fourth-order valence-electron chi connectivity index (χ4n) is 2.04. The zero-order valence-corrected chi connectivity index (χ0v) is 14.8. The second kappa shape index (κ2) is 7.45. The Balaban J connectivity index is 1.75. The third-order valence-corrected chi connectivity index (χ3v) is 4.81.